The number of aromatic nitrogens is 1. The van der Waals surface area contributed by atoms with Gasteiger partial charge in [-0.05, 0) is 37.3 Å². The van der Waals surface area contributed by atoms with Gasteiger partial charge in [0, 0.05) is 42.4 Å². The number of carbonyl (C=O) groups excluding carboxylic acids is 1. The van der Waals surface area contributed by atoms with Gasteiger partial charge in [0.2, 0.25) is 11.8 Å². The van der Waals surface area contributed by atoms with E-state index >= 15 is 0 Å². The number of hydrogen-bond donors (Lipinski definition) is 4. The Morgan fingerprint density at radius 1 is 1.18 bits per heavy atom. The van der Waals surface area contributed by atoms with Crippen LogP contribution in [0.4, 0.5) is 11.4 Å². The highest BCUT2D eigenvalue weighted by atomic mass is 16.3. The minimum atomic E-state index is -0.417. The molecule has 0 bridgehead atoms. The Labute approximate surface area is 163 Å². The highest BCUT2D eigenvalue weighted by Crippen LogP contribution is 2.38. The third-order valence-electron chi connectivity index (χ3n) is 5.04. The van der Waals surface area contributed by atoms with Crippen molar-refractivity contribution in [3.8, 4) is 11.6 Å². The molecule has 2 aromatic carbocycles. The number of rotatable bonds is 4. The van der Waals surface area contributed by atoms with Crippen LogP contribution in [0.3, 0.4) is 0 Å². The third kappa shape index (κ3) is 3.54. The van der Waals surface area contributed by atoms with Crippen molar-refractivity contribution >= 4 is 28.2 Å². The van der Waals surface area contributed by atoms with Gasteiger partial charge in [-0.15, -0.1) is 0 Å². The number of nitrogens with zero attached hydrogens (tertiary/aromatic N) is 2. The maximum atomic E-state index is 12.9. The molecule has 0 amide bonds. The van der Waals surface area contributed by atoms with Crippen LogP contribution in [0.5, 0.6) is 11.6 Å². The van der Waals surface area contributed by atoms with Crippen LogP contribution in [0.2, 0.25) is 0 Å². The molecular weight excluding hydrogens is 356 g/mol. The van der Waals surface area contributed by atoms with Crippen LogP contribution in [0, 0.1) is 0 Å². The molecule has 0 unspecified atom stereocenters. The van der Waals surface area contributed by atoms with Crippen molar-refractivity contribution in [3.63, 3.8) is 0 Å². The van der Waals surface area contributed by atoms with Crippen molar-refractivity contribution in [2.24, 2.45) is 0 Å². The maximum Gasteiger partial charge on any atom is 0.248 e. The van der Waals surface area contributed by atoms with E-state index in [1.807, 2.05) is 30.3 Å². The molecule has 7 heteroatoms. The van der Waals surface area contributed by atoms with Crippen LogP contribution in [0.25, 0.3) is 10.9 Å². The number of nitrogens with one attached hydrogen (secondary N) is 2. The zero-order chi connectivity index (χ0) is 19.7. The van der Waals surface area contributed by atoms with Crippen LogP contribution in [-0.4, -0.2) is 57.8 Å². The number of aromatic hydroxyl groups is 2. The van der Waals surface area contributed by atoms with Gasteiger partial charge in [0.15, 0.2) is 5.75 Å². The van der Waals surface area contributed by atoms with Gasteiger partial charge in [0.05, 0.1) is 12.1 Å². The summed E-state index contributed by atoms with van der Waals surface area (Å²) in [5.74, 6) is -0.961. The Kier molecular flexibility index (Phi) is 4.93. The zero-order valence-corrected chi connectivity index (χ0v) is 15.7. The van der Waals surface area contributed by atoms with Crippen LogP contribution < -0.4 is 10.6 Å². The molecule has 0 aliphatic carbocycles. The Morgan fingerprint density at radius 2 is 1.96 bits per heavy atom. The predicted octanol–water partition coefficient (Wildman–Crippen LogP) is 2.73. The molecule has 4 N–H and O–H groups in total. The first-order chi connectivity index (χ1) is 13.5. The molecule has 0 saturated carbocycles. The van der Waals surface area contributed by atoms with E-state index in [1.165, 1.54) is 4.57 Å². The molecule has 1 atom stereocenters. The van der Waals surface area contributed by atoms with Crippen LogP contribution >= 0.6 is 0 Å². The molecule has 7 nitrogen and oxygen atoms in total. The summed E-state index contributed by atoms with van der Waals surface area (Å²) in [6.45, 7) is 4.61. The Morgan fingerprint density at radius 3 is 2.71 bits per heavy atom. The molecule has 1 saturated heterocycles. The molecule has 1 aliphatic rings. The number of hydrogen-bond acceptors (Lipinski definition) is 6. The maximum absolute atomic E-state index is 12.9. The van der Waals surface area contributed by atoms with Crippen molar-refractivity contribution in [2.75, 3.05) is 31.5 Å². The Bertz CT molecular complexity index is 1000. The molecular formula is C21H24N4O3. The fourth-order valence-corrected chi connectivity index (χ4v) is 3.69. The third-order valence-corrected chi connectivity index (χ3v) is 5.04. The van der Waals surface area contributed by atoms with Crippen LogP contribution in [-0.2, 0) is 0 Å². The SMILES string of the molecule is C[C@@H]1CN(CC(=O)n2c(O)c(O)c3ccc(Nc4ccccc4)cc32)CCN1. The van der Waals surface area contributed by atoms with Crippen molar-refractivity contribution in [3.05, 3.63) is 48.5 Å². The van der Waals surface area contributed by atoms with E-state index in [4.69, 9.17) is 0 Å². The first-order valence-corrected chi connectivity index (χ1v) is 9.40. The van der Waals surface area contributed by atoms with Crippen LogP contribution in [0.1, 0.15) is 11.7 Å². The number of carbonyl (C=O) groups is 1. The minimum Gasteiger partial charge on any atom is -0.503 e. The second kappa shape index (κ2) is 7.53. The summed E-state index contributed by atoms with van der Waals surface area (Å²) in [4.78, 5) is 15.0. The summed E-state index contributed by atoms with van der Waals surface area (Å²) < 4.78 is 1.20. The molecule has 28 heavy (non-hydrogen) atoms. The number of piperazine rings is 1. The van der Waals surface area contributed by atoms with Gasteiger partial charge in [-0.3, -0.25) is 9.69 Å². The lowest BCUT2D eigenvalue weighted by atomic mass is 10.2. The Hall–Kier alpha value is -3.03. The van der Waals surface area contributed by atoms with Gasteiger partial charge in [-0.2, -0.15) is 0 Å². The molecule has 1 fully saturated rings. The van der Waals surface area contributed by atoms with E-state index in [1.54, 1.807) is 18.2 Å². The van der Waals surface area contributed by atoms with E-state index in [0.717, 1.165) is 31.0 Å². The average molecular weight is 380 g/mol. The molecule has 1 aliphatic heterocycles. The lowest BCUT2D eigenvalue weighted by Crippen LogP contribution is -2.50. The van der Waals surface area contributed by atoms with Gasteiger partial charge in [0.25, 0.3) is 0 Å². The number of anilines is 2. The lowest BCUT2D eigenvalue weighted by molar-refractivity contribution is 0.0821. The van der Waals surface area contributed by atoms with Crippen molar-refractivity contribution in [1.29, 1.82) is 0 Å². The second-order valence-electron chi connectivity index (χ2n) is 7.21. The van der Waals surface area contributed by atoms with E-state index in [9.17, 15) is 15.0 Å². The molecule has 4 rings (SSSR count). The van der Waals surface area contributed by atoms with Gasteiger partial charge in [-0.1, -0.05) is 18.2 Å². The average Bonchev–Trinajstić information content (AvgIpc) is 2.93. The normalized spacial score (nSPS) is 17.7. The van der Waals surface area contributed by atoms with E-state index in [2.05, 4.69) is 22.5 Å². The van der Waals surface area contributed by atoms with Gasteiger partial charge < -0.3 is 20.8 Å². The molecule has 0 radical (unpaired) electrons. The lowest BCUT2D eigenvalue weighted by Gasteiger charge is -2.31. The second-order valence-corrected chi connectivity index (χ2v) is 7.21. The minimum absolute atomic E-state index is 0.180. The largest absolute Gasteiger partial charge is 0.503 e. The van der Waals surface area contributed by atoms with Gasteiger partial charge in [0.1, 0.15) is 0 Å². The van der Waals surface area contributed by atoms with Crippen molar-refractivity contribution in [1.82, 2.24) is 14.8 Å². The quantitative estimate of drug-likeness (QED) is 0.557. The molecule has 1 aromatic heterocycles. The Balaban J connectivity index is 1.65. The fraction of sp³-hybridized carbons (Fsp3) is 0.286. The molecule has 0 spiro atoms. The number of fused-ring (bicyclic) bond motifs is 1. The van der Waals surface area contributed by atoms with Crippen molar-refractivity contribution in [2.45, 2.75) is 13.0 Å². The summed E-state index contributed by atoms with van der Waals surface area (Å²) >= 11 is 0. The van der Waals surface area contributed by atoms with Gasteiger partial charge >= 0.3 is 0 Å². The summed E-state index contributed by atoms with van der Waals surface area (Å²) in [5.41, 5.74) is 2.15. The topological polar surface area (TPSA) is 89.8 Å². The summed E-state index contributed by atoms with van der Waals surface area (Å²) in [6, 6.07) is 15.3. The first kappa shape index (κ1) is 18.3. The highest BCUT2D eigenvalue weighted by Gasteiger charge is 2.24. The monoisotopic (exact) mass is 380 g/mol. The zero-order valence-electron chi connectivity index (χ0n) is 15.7. The predicted molar refractivity (Wildman–Crippen MR) is 110 cm³/mol. The molecule has 3 aromatic rings. The van der Waals surface area contributed by atoms with Crippen LogP contribution in [0.15, 0.2) is 48.5 Å². The molecule has 146 valence electrons. The summed E-state index contributed by atoms with van der Waals surface area (Å²) in [7, 11) is 0. The standard InChI is InChI=1S/C21H24N4O3/c1-14-12-24(10-9-22-14)13-19(26)25-18-11-16(23-15-5-3-2-4-6-15)7-8-17(18)20(27)21(25)28/h2-8,11,14,22-23,27-28H,9-10,12-13H2,1H3/t14-/m1/s1. The molecule has 2 heterocycles. The summed E-state index contributed by atoms with van der Waals surface area (Å²) in [5, 5.41) is 27.7. The summed E-state index contributed by atoms with van der Waals surface area (Å²) in [6.07, 6.45) is 0. The highest BCUT2D eigenvalue weighted by molar-refractivity contribution is 6.01. The first-order valence-electron chi connectivity index (χ1n) is 9.40. The van der Waals surface area contributed by atoms with Gasteiger partial charge in [-0.25, -0.2) is 4.57 Å². The fourth-order valence-electron chi connectivity index (χ4n) is 3.69. The number of benzene rings is 2. The van der Waals surface area contributed by atoms with E-state index < -0.39 is 5.88 Å². The smallest absolute Gasteiger partial charge is 0.248 e. The van der Waals surface area contributed by atoms with E-state index in [-0.39, 0.29) is 18.2 Å². The number of para-hydroxylation sites is 1. The van der Waals surface area contributed by atoms with E-state index in [0.29, 0.717) is 16.9 Å². The van der Waals surface area contributed by atoms with Crippen molar-refractivity contribution < 1.29 is 15.0 Å².